The normalized spacial score (nSPS) is 11.0. The lowest BCUT2D eigenvalue weighted by atomic mass is 10.2. The molecule has 2 N–H and O–H groups in total. The summed E-state index contributed by atoms with van der Waals surface area (Å²) in [7, 11) is 3.24. The van der Waals surface area contributed by atoms with Gasteiger partial charge in [-0.2, -0.15) is 0 Å². The third-order valence-electron chi connectivity index (χ3n) is 3.62. The number of hydrogen-bond donors (Lipinski definition) is 2. The van der Waals surface area contributed by atoms with Crippen molar-refractivity contribution < 1.29 is 14.2 Å². The molecule has 0 aliphatic heterocycles. The van der Waals surface area contributed by atoms with Crippen molar-refractivity contribution in [1.29, 1.82) is 0 Å². The van der Waals surface area contributed by atoms with Crippen LogP contribution in [0.15, 0.2) is 47.5 Å². The predicted molar refractivity (Wildman–Crippen MR) is 106 cm³/mol. The van der Waals surface area contributed by atoms with E-state index in [2.05, 4.69) is 15.6 Å². The van der Waals surface area contributed by atoms with Crippen LogP contribution >= 0.6 is 0 Å². The number of nitrogens with one attached hydrogen (secondary N) is 2. The van der Waals surface area contributed by atoms with E-state index in [-0.39, 0.29) is 0 Å². The number of methoxy groups -OCH3 is 2. The summed E-state index contributed by atoms with van der Waals surface area (Å²) in [4.78, 5) is 4.65. The Labute approximate surface area is 155 Å². The summed E-state index contributed by atoms with van der Waals surface area (Å²) in [6.07, 6.45) is 0. The second kappa shape index (κ2) is 10.2. The van der Waals surface area contributed by atoms with Gasteiger partial charge in [0, 0.05) is 18.3 Å². The highest BCUT2D eigenvalue weighted by molar-refractivity contribution is 5.93. The van der Waals surface area contributed by atoms with Gasteiger partial charge < -0.3 is 24.8 Å². The van der Waals surface area contributed by atoms with Crippen LogP contribution in [0, 0.1) is 0 Å². The zero-order valence-electron chi connectivity index (χ0n) is 15.8. The third kappa shape index (κ3) is 5.58. The summed E-state index contributed by atoms with van der Waals surface area (Å²) in [6, 6.07) is 13.6. The highest BCUT2D eigenvalue weighted by Gasteiger charge is 2.06. The first kappa shape index (κ1) is 19.4. The van der Waals surface area contributed by atoms with Gasteiger partial charge >= 0.3 is 0 Å². The van der Waals surface area contributed by atoms with Gasteiger partial charge in [0.1, 0.15) is 5.75 Å². The van der Waals surface area contributed by atoms with Crippen LogP contribution in [-0.4, -0.2) is 33.3 Å². The monoisotopic (exact) mass is 357 g/mol. The molecule has 0 heterocycles. The number of benzene rings is 2. The van der Waals surface area contributed by atoms with Gasteiger partial charge in [-0.3, -0.25) is 0 Å². The topological polar surface area (TPSA) is 64.1 Å². The van der Waals surface area contributed by atoms with E-state index in [4.69, 9.17) is 14.2 Å². The molecule has 0 aromatic heterocycles. The highest BCUT2D eigenvalue weighted by atomic mass is 16.5. The van der Waals surface area contributed by atoms with Crippen LogP contribution < -0.4 is 24.8 Å². The predicted octanol–water partition coefficient (Wildman–Crippen LogP) is 3.68. The molecule has 0 spiro atoms. The summed E-state index contributed by atoms with van der Waals surface area (Å²) in [6.45, 7) is 5.96. The molecule has 2 rings (SSSR count). The third-order valence-corrected chi connectivity index (χ3v) is 3.62. The van der Waals surface area contributed by atoms with E-state index < -0.39 is 0 Å². The maximum Gasteiger partial charge on any atom is 0.196 e. The Kier molecular flexibility index (Phi) is 7.61. The van der Waals surface area contributed by atoms with E-state index >= 15 is 0 Å². The van der Waals surface area contributed by atoms with Crippen molar-refractivity contribution in [3.63, 3.8) is 0 Å². The molecular formula is C20H27N3O3. The van der Waals surface area contributed by atoms with E-state index in [1.807, 2.05) is 56.3 Å². The minimum Gasteiger partial charge on any atom is -0.494 e. The van der Waals surface area contributed by atoms with Gasteiger partial charge in [-0.05, 0) is 43.7 Å². The van der Waals surface area contributed by atoms with Gasteiger partial charge in [-0.25, -0.2) is 4.99 Å². The molecule has 0 saturated heterocycles. The van der Waals surface area contributed by atoms with Crippen molar-refractivity contribution in [2.75, 3.05) is 32.7 Å². The summed E-state index contributed by atoms with van der Waals surface area (Å²) < 4.78 is 16.2. The van der Waals surface area contributed by atoms with Crippen LogP contribution in [0.2, 0.25) is 0 Å². The van der Waals surface area contributed by atoms with Crippen LogP contribution in [0.3, 0.4) is 0 Å². The zero-order chi connectivity index (χ0) is 18.8. The second-order valence-corrected chi connectivity index (χ2v) is 5.47. The molecule has 0 amide bonds. The average molecular weight is 357 g/mol. The Morgan fingerprint density at radius 3 is 2.50 bits per heavy atom. The number of guanidine groups is 1. The molecule has 0 unspecified atom stereocenters. The van der Waals surface area contributed by atoms with E-state index in [1.165, 1.54) is 0 Å². The molecule has 26 heavy (non-hydrogen) atoms. The summed E-state index contributed by atoms with van der Waals surface area (Å²) >= 11 is 0. The molecule has 0 aliphatic carbocycles. The fraction of sp³-hybridized carbons (Fsp3) is 0.350. The standard InChI is InChI=1S/C20H27N3O3/c1-5-21-20(22-14-15-8-7-9-17(12-15)26-6-2)23-16-10-11-18(24-3)19(13-16)25-4/h7-13H,5-6,14H2,1-4H3,(H2,21,22,23). The van der Waals surface area contributed by atoms with Crippen molar-refractivity contribution >= 4 is 11.6 Å². The van der Waals surface area contributed by atoms with E-state index in [1.54, 1.807) is 14.2 Å². The molecule has 2 aromatic rings. The molecule has 0 saturated carbocycles. The molecule has 0 radical (unpaired) electrons. The largest absolute Gasteiger partial charge is 0.494 e. The Morgan fingerprint density at radius 1 is 1.00 bits per heavy atom. The van der Waals surface area contributed by atoms with Crippen LogP contribution in [0.1, 0.15) is 19.4 Å². The molecule has 0 fully saturated rings. The lowest BCUT2D eigenvalue weighted by Crippen LogP contribution is -2.30. The van der Waals surface area contributed by atoms with Gasteiger partial charge in [0.15, 0.2) is 17.5 Å². The Balaban J connectivity index is 2.12. The van der Waals surface area contributed by atoms with Crippen molar-refractivity contribution in [2.24, 2.45) is 4.99 Å². The van der Waals surface area contributed by atoms with Crippen molar-refractivity contribution in [2.45, 2.75) is 20.4 Å². The van der Waals surface area contributed by atoms with Gasteiger partial charge in [0.2, 0.25) is 0 Å². The molecule has 6 nitrogen and oxygen atoms in total. The van der Waals surface area contributed by atoms with Crippen molar-refractivity contribution in [1.82, 2.24) is 5.32 Å². The number of ether oxygens (including phenoxy) is 3. The Bertz CT molecular complexity index is 732. The van der Waals surface area contributed by atoms with E-state index in [0.717, 1.165) is 23.5 Å². The molecule has 0 atom stereocenters. The number of hydrogen-bond acceptors (Lipinski definition) is 4. The zero-order valence-corrected chi connectivity index (χ0v) is 15.8. The highest BCUT2D eigenvalue weighted by Crippen LogP contribution is 2.29. The first-order valence-electron chi connectivity index (χ1n) is 8.69. The van der Waals surface area contributed by atoms with E-state index in [0.29, 0.717) is 30.6 Å². The molecular weight excluding hydrogens is 330 g/mol. The fourth-order valence-electron chi connectivity index (χ4n) is 2.43. The molecule has 6 heteroatoms. The minimum absolute atomic E-state index is 0.545. The molecule has 2 aromatic carbocycles. The first-order chi connectivity index (χ1) is 12.7. The molecule has 0 aliphatic rings. The maximum atomic E-state index is 5.54. The smallest absolute Gasteiger partial charge is 0.196 e. The van der Waals surface area contributed by atoms with Crippen LogP contribution in [-0.2, 0) is 6.54 Å². The number of rotatable bonds is 8. The van der Waals surface area contributed by atoms with Crippen LogP contribution in [0.25, 0.3) is 0 Å². The summed E-state index contributed by atoms with van der Waals surface area (Å²) in [5.74, 6) is 2.91. The summed E-state index contributed by atoms with van der Waals surface area (Å²) in [5.41, 5.74) is 1.95. The quantitative estimate of drug-likeness (QED) is 0.557. The van der Waals surface area contributed by atoms with Crippen LogP contribution in [0.5, 0.6) is 17.2 Å². The summed E-state index contributed by atoms with van der Waals surface area (Å²) in [5, 5.41) is 6.53. The van der Waals surface area contributed by atoms with Gasteiger partial charge in [0.05, 0.1) is 27.4 Å². The molecule has 0 bridgehead atoms. The second-order valence-electron chi connectivity index (χ2n) is 5.47. The van der Waals surface area contributed by atoms with Crippen molar-refractivity contribution in [3.8, 4) is 17.2 Å². The Hall–Kier alpha value is -2.89. The first-order valence-corrected chi connectivity index (χ1v) is 8.69. The number of nitrogens with zero attached hydrogens (tertiary/aromatic N) is 1. The SMILES string of the molecule is CCNC(=NCc1cccc(OCC)c1)Nc1ccc(OC)c(OC)c1. The Morgan fingerprint density at radius 2 is 1.81 bits per heavy atom. The minimum atomic E-state index is 0.545. The van der Waals surface area contributed by atoms with Gasteiger partial charge in [-0.1, -0.05) is 12.1 Å². The lowest BCUT2D eigenvalue weighted by molar-refractivity contribution is 0.340. The number of anilines is 1. The van der Waals surface area contributed by atoms with Gasteiger partial charge in [0.25, 0.3) is 0 Å². The molecule has 140 valence electrons. The lowest BCUT2D eigenvalue weighted by Gasteiger charge is -2.14. The van der Waals surface area contributed by atoms with E-state index in [9.17, 15) is 0 Å². The maximum absolute atomic E-state index is 5.54. The van der Waals surface area contributed by atoms with Crippen molar-refractivity contribution in [3.05, 3.63) is 48.0 Å². The number of aliphatic imine (C=N–C) groups is 1. The average Bonchev–Trinajstić information content (AvgIpc) is 2.67. The van der Waals surface area contributed by atoms with Gasteiger partial charge in [-0.15, -0.1) is 0 Å². The van der Waals surface area contributed by atoms with Crippen LogP contribution in [0.4, 0.5) is 5.69 Å². The fourth-order valence-corrected chi connectivity index (χ4v) is 2.43.